The average Bonchev–Trinajstić information content (AvgIpc) is 2.35. The zero-order chi connectivity index (χ0) is 17.6. The molecule has 0 saturated carbocycles. The number of esters is 1. The average molecular weight is 329 g/mol. The molecule has 0 aromatic carbocycles. The molecular formula is C16H27NO6. The fraction of sp³-hybridized carbons (Fsp3) is 0.812. The van der Waals surface area contributed by atoms with Crippen LogP contribution in [0.2, 0.25) is 0 Å². The van der Waals surface area contributed by atoms with E-state index in [1.165, 1.54) is 0 Å². The van der Waals surface area contributed by atoms with E-state index in [2.05, 4.69) is 4.74 Å². The number of piperidine rings is 1. The minimum Gasteiger partial charge on any atom is -0.444 e. The Labute approximate surface area is 137 Å². The number of nitrogens with zero attached hydrogens (tertiary/aromatic N) is 1. The van der Waals surface area contributed by atoms with E-state index >= 15 is 0 Å². The number of likely N-dealkylation sites (tertiary alicyclic amines) is 1. The molecule has 132 valence electrons. The molecule has 0 spiro atoms. The molecule has 1 fully saturated rings. The van der Waals surface area contributed by atoms with Gasteiger partial charge in [-0.1, -0.05) is 0 Å². The summed E-state index contributed by atoms with van der Waals surface area (Å²) in [6, 6.07) is 0. The Bertz CT molecular complexity index is 432. The highest BCUT2D eigenvalue weighted by atomic mass is 16.7. The van der Waals surface area contributed by atoms with Gasteiger partial charge in [0.05, 0.1) is 6.10 Å². The minimum atomic E-state index is -0.962. The van der Waals surface area contributed by atoms with Crippen LogP contribution in [0.4, 0.5) is 9.59 Å². The summed E-state index contributed by atoms with van der Waals surface area (Å²) in [6.07, 6.45) is -0.126. The second kappa shape index (κ2) is 8.17. The molecule has 1 aliphatic rings. The number of ether oxygens (including phenoxy) is 3. The second-order valence-electron chi connectivity index (χ2n) is 7.01. The van der Waals surface area contributed by atoms with Gasteiger partial charge >= 0.3 is 18.2 Å². The highest BCUT2D eigenvalue weighted by Crippen LogP contribution is 2.22. The third-order valence-electron chi connectivity index (χ3n) is 3.25. The predicted octanol–water partition coefficient (Wildman–Crippen LogP) is 3.11. The highest BCUT2D eigenvalue weighted by Gasteiger charge is 2.28. The molecule has 0 bridgehead atoms. The molecule has 23 heavy (non-hydrogen) atoms. The van der Waals surface area contributed by atoms with E-state index in [4.69, 9.17) is 9.47 Å². The van der Waals surface area contributed by atoms with Crippen LogP contribution in [0.25, 0.3) is 0 Å². The first-order valence-corrected chi connectivity index (χ1v) is 7.96. The van der Waals surface area contributed by atoms with Crippen LogP contribution in [0.5, 0.6) is 0 Å². The molecule has 0 atom stereocenters. The normalized spacial score (nSPS) is 16.2. The maximum absolute atomic E-state index is 11.9. The number of rotatable bonds is 3. The third kappa shape index (κ3) is 7.85. The number of amides is 1. The molecule has 0 aromatic heterocycles. The summed E-state index contributed by atoms with van der Waals surface area (Å²) < 4.78 is 14.7. The number of hydrogen-bond donors (Lipinski definition) is 0. The van der Waals surface area contributed by atoms with Gasteiger partial charge in [0, 0.05) is 19.5 Å². The van der Waals surface area contributed by atoms with Crippen LogP contribution in [0, 0.1) is 5.92 Å². The first kappa shape index (κ1) is 19.3. The van der Waals surface area contributed by atoms with Crippen molar-refractivity contribution in [2.24, 2.45) is 5.92 Å². The summed E-state index contributed by atoms with van der Waals surface area (Å²) >= 11 is 0. The molecule has 7 nitrogen and oxygen atoms in total. The molecule has 0 aliphatic carbocycles. The van der Waals surface area contributed by atoms with E-state index in [1.54, 1.807) is 18.7 Å². The highest BCUT2D eigenvalue weighted by molar-refractivity contribution is 5.82. The summed E-state index contributed by atoms with van der Waals surface area (Å²) in [5.41, 5.74) is -0.519. The first-order valence-electron chi connectivity index (χ1n) is 7.96. The van der Waals surface area contributed by atoms with Gasteiger partial charge in [-0.2, -0.15) is 0 Å². The number of carbonyl (C=O) groups is 3. The first-order chi connectivity index (χ1) is 10.6. The van der Waals surface area contributed by atoms with E-state index < -0.39 is 17.7 Å². The monoisotopic (exact) mass is 329 g/mol. The fourth-order valence-electron chi connectivity index (χ4n) is 2.23. The maximum Gasteiger partial charge on any atom is 0.516 e. The van der Waals surface area contributed by atoms with E-state index in [0.29, 0.717) is 25.9 Å². The van der Waals surface area contributed by atoms with E-state index in [9.17, 15) is 14.4 Å². The van der Waals surface area contributed by atoms with Gasteiger partial charge < -0.3 is 19.1 Å². The summed E-state index contributed by atoms with van der Waals surface area (Å²) in [7, 11) is 0. The molecule has 0 N–H and O–H groups in total. The third-order valence-corrected chi connectivity index (χ3v) is 3.25. The zero-order valence-electron chi connectivity index (χ0n) is 14.6. The summed E-state index contributed by atoms with van der Waals surface area (Å²) in [5.74, 6) is -0.501. The van der Waals surface area contributed by atoms with Crippen LogP contribution in [-0.4, -0.2) is 47.9 Å². The smallest absolute Gasteiger partial charge is 0.444 e. The lowest BCUT2D eigenvalue weighted by Crippen LogP contribution is -2.42. The molecular weight excluding hydrogens is 302 g/mol. The Kier molecular flexibility index (Phi) is 6.84. The van der Waals surface area contributed by atoms with Crippen LogP contribution in [-0.2, 0) is 19.0 Å². The molecule has 0 unspecified atom stereocenters. The Hall–Kier alpha value is -1.79. The molecule has 1 aliphatic heterocycles. The molecule has 1 rings (SSSR count). The lowest BCUT2D eigenvalue weighted by Gasteiger charge is -2.33. The van der Waals surface area contributed by atoms with Crippen molar-refractivity contribution in [3.8, 4) is 0 Å². The Balaban J connectivity index is 2.32. The fourth-order valence-corrected chi connectivity index (χ4v) is 2.23. The predicted molar refractivity (Wildman–Crippen MR) is 82.9 cm³/mol. The van der Waals surface area contributed by atoms with Gasteiger partial charge in [0.1, 0.15) is 5.60 Å². The quantitative estimate of drug-likeness (QED) is 0.584. The lowest BCUT2D eigenvalue weighted by atomic mass is 9.94. The van der Waals surface area contributed by atoms with Crippen molar-refractivity contribution in [2.75, 3.05) is 13.1 Å². The van der Waals surface area contributed by atoms with Crippen LogP contribution in [0.3, 0.4) is 0 Å². The topological polar surface area (TPSA) is 82.1 Å². The van der Waals surface area contributed by atoms with Crippen molar-refractivity contribution in [3.63, 3.8) is 0 Å². The number of hydrogen-bond acceptors (Lipinski definition) is 6. The van der Waals surface area contributed by atoms with Crippen molar-refractivity contribution in [3.05, 3.63) is 0 Å². The van der Waals surface area contributed by atoms with Gasteiger partial charge in [-0.3, -0.25) is 4.79 Å². The summed E-state index contributed by atoms with van der Waals surface area (Å²) in [5, 5.41) is 0. The molecule has 1 amide bonds. The van der Waals surface area contributed by atoms with E-state index in [-0.39, 0.29) is 24.5 Å². The van der Waals surface area contributed by atoms with E-state index in [1.807, 2.05) is 20.8 Å². The van der Waals surface area contributed by atoms with Gasteiger partial charge in [-0.25, -0.2) is 9.59 Å². The van der Waals surface area contributed by atoms with Gasteiger partial charge in [0.25, 0.3) is 0 Å². The van der Waals surface area contributed by atoms with Crippen LogP contribution < -0.4 is 0 Å². The van der Waals surface area contributed by atoms with Gasteiger partial charge in [-0.15, -0.1) is 0 Å². The Morgan fingerprint density at radius 2 is 1.70 bits per heavy atom. The lowest BCUT2D eigenvalue weighted by molar-refractivity contribution is -0.141. The maximum atomic E-state index is 11.9. The van der Waals surface area contributed by atoms with Crippen molar-refractivity contribution in [1.29, 1.82) is 0 Å². The Morgan fingerprint density at radius 3 is 2.17 bits per heavy atom. The van der Waals surface area contributed by atoms with Gasteiger partial charge in [-0.05, 0) is 53.4 Å². The van der Waals surface area contributed by atoms with E-state index in [0.717, 1.165) is 0 Å². The zero-order valence-corrected chi connectivity index (χ0v) is 14.6. The number of carbonyl (C=O) groups excluding carboxylic acids is 3. The van der Waals surface area contributed by atoms with Crippen LogP contribution >= 0.6 is 0 Å². The van der Waals surface area contributed by atoms with Crippen molar-refractivity contribution < 1.29 is 28.6 Å². The largest absolute Gasteiger partial charge is 0.516 e. The van der Waals surface area contributed by atoms with Gasteiger partial charge in [0.2, 0.25) is 0 Å². The van der Waals surface area contributed by atoms with Crippen molar-refractivity contribution >= 4 is 18.2 Å². The molecule has 1 saturated heterocycles. The van der Waals surface area contributed by atoms with Gasteiger partial charge in [0.15, 0.2) is 0 Å². The molecule has 0 aromatic rings. The summed E-state index contributed by atoms with van der Waals surface area (Å²) in [4.78, 5) is 36.5. The van der Waals surface area contributed by atoms with Crippen molar-refractivity contribution in [1.82, 2.24) is 4.90 Å². The Morgan fingerprint density at radius 1 is 1.13 bits per heavy atom. The summed E-state index contributed by atoms with van der Waals surface area (Å²) in [6.45, 7) is 9.89. The molecule has 1 heterocycles. The SMILES string of the molecule is CC(C)OC(=O)OC(=O)CC1CCN(C(=O)OC(C)(C)C)CC1. The molecule has 7 heteroatoms. The van der Waals surface area contributed by atoms with Crippen molar-refractivity contribution in [2.45, 2.75) is 65.6 Å². The standard InChI is InChI=1S/C16H27NO6/c1-11(2)21-15(20)22-13(18)10-12-6-8-17(9-7-12)14(19)23-16(3,4)5/h11-12H,6-10H2,1-5H3. The molecule has 0 radical (unpaired) electrons. The van der Waals surface area contributed by atoms with Crippen LogP contribution in [0.1, 0.15) is 53.9 Å². The minimum absolute atomic E-state index is 0.0908. The van der Waals surface area contributed by atoms with Crippen LogP contribution in [0.15, 0.2) is 0 Å². The second-order valence-corrected chi connectivity index (χ2v) is 7.01.